The molecule has 3 heterocycles. The van der Waals surface area contributed by atoms with Gasteiger partial charge in [0.15, 0.2) is 5.82 Å². The van der Waals surface area contributed by atoms with Crippen molar-refractivity contribution in [1.82, 2.24) is 19.1 Å². The molecule has 0 saturated carbocycles. The summed E-state index contributed by atoms with van der Waals surface area (Å²) in [6, 6.07) is 40.5. The molecule has 0 spiro atoms. The first-order valence-corrected chi connectivity index (χ1v) is 12.8. The highest BCUT2D eigenvalue weighted by Gasteiger charge is 2.16. The van der Waals surface area contributed by atoms with Gasteiger partial charge in [-0.1, -0.05) is 72.8 Å². The Balaban J connectivity index is 1.38. The number of benzene rings is 5. The van der Waals surface area contributed by atoms with Gasteiger partial charge in [0.25, 0.3) is 0 Å². The van der Waals surface area contributed by atoms with Gasteiger partial charge in [0.2, 0.25) is 0 Å². The number of rotatable bonds is 3. The maximum Gasteiger partial charge on any atom is 0.159 e. The Bertz CT molecular complexity index is 2100. The van der Waals surface area contributed by atoms with E-state index in [1.165, 1.54) is 32.4 Å². The molecular weight excluding hydrogens is 464 g/mol. The van der Waals surface area contributed by atoms with Crippen molar-refractivity contribution in [2.45, 2.75) is 0 Å². The van der Waals surface area contributed by atoms with E-state index in [4.69, 9.17) is 9.97 Å². The van der Waals surface area contributed by atoms with Crippen LogP contribution in [0.5, 0.6) is 0 Å². The molecule has 0 aliphatic heterocycles. The second-order valence-electron chi connectivity index (χ2n) is 9.59. The summed E-state index contributed by atoms with van der Waals surface area (Å²) in [5, 5.41) is 6.14. The van der Waals surface area contributed by atoms with Crippen molar-refractivity contribution in [1.29, 1.82) is 0 Å². The van der Waals surface area contributed by atoms with Crippen LogP contribution >= 0.6 is 0 Å². The Labute approximate surface area is 219 Å². The van der Waals surface area contributed by atoms with Crippen molar-refractivity contribution >= 4 is 43.5 Å². The molecule has 0 aliphatic carbocycles. The Morgan fingerprint density at radius 1 is 0.474 bits per heavy atom. The van der Waals surface area contributed by atoms with E-state index in [0.717, 1.165) is 33.8 Å². The summed E-state index contributed by atoms with van der Waals surface area (Å²) in [7, 11) is 0. The highest BCUT2D eigenvalue weighted by Crippen LogP contribution is 2.37. The van der Waals surface area contributed by atoms with Crippen molar-refractivity contribution in [3.8, 4) is 22.8 Å². The van der Waals surface area contributed by atoms with Gasteiger partial charge in [0.1, 0.15) is 0 Å². The fraction of sp³-hybridized carbons (Fsp3) is 0. The standard InChI is InChI=1S/C34H22N4/c1-3-9-23(10-4-1)34-35-21-26(22-36-34)38-32-14-8-7-13-27(32)30-19-24-15-16-31-28(29(24)20-33(30)38)17-18-37(31)25-11-5-2-6-12-25/h1-22H. The van der Waals surface area contributed by atoms with E-state index in [-0.39, 0.29) is 0 Å². The number of nitrogens with zero attached hydrogens (tertiary/aromatic N) is 4. The van der Waals surface area contributed by atoms with Gasteiger partial charge in [-0.05, 0) is 53.2 Å². The summed E-state index contributed by atoms with van der Waals surface area (Å²) in [6.07, 6.45) is 6.02. The predicted molar refractivity (Wildman–Crippen MR) is 156 cm³/mol. The van der Waals surface area contributed by atoms with Gasteiger partial charge < -0.3 is 9.13 Å². The highest BCUT2D eigenvalue weighted by molar-refractivity contribution is 6.18. The molecule has 178 valence electrons. The predicted octanol–water partition coefficient (Wildman–Crippen LogP) is 8.34. The maximum absolute atomic E-state index is 4.73. The molecule has 4 nitrogen and oxygen atoms in total. The first-order chi connectivity index (χ1) is 18.8. The van der Waals surface area contributed by atoms with Crippen LogP contribution in [-0.2, 0) is 0 Å². The molecule has 0 aliphatic rings. The Morgan fingerprint density at radius 3 is 2.00 bits per heavy atom. The van der Waals surface area contributed by atoms with Crippen LogP contribution < -0.4 is 0 Å². The molecule has 0 unspecified atom stereocenters. The van der Waals surface area contributed by atoms with E-state index in [1.54, 1.807) is 0 Å². The average molecular weight is 487 g/mol. The van der Waals surface area contributed by atoms with Crippen LogP contribution in [0.3, 0.4) is 0 Å². The first-order valence-electron chi connectivity index (χ1n) is 12.8. The lowest BCUT2D eigenvalue weighted by Crippen LogP contribution is -1.97. The fourth-order valence-electron chi connectivity index (χ4n) is 5.68. The van der Waals surface area contributed by atoms with Crippen LogP contribution in [0.15, 0.2) is 134 Å². The lowest BCUT2D eigenvalue weighted by atomic mass is 10.0. The smallest absolute Gasteiger partial charge is 0.159 e. The highest BCUT2D eigenvalue weighted by atomic mass is 15.0. The van der Waals surface area contributed by atoms with E-state index in [2.05, 4.69) is 100 Å². The lowest BCUT2D eigenvalue weighted by Gasteiger charge is -2.10. The zero-order valence-corrected chi connectivity index (χ0v) is 20.5. The maximum atomic E-state index is 4.73. The molecule has 0 amide bonds. The number of fused-ring (bicyclic) bond motifs is 6. The third-order valence-electron chi connectivity index (χ3n) is 7.44. The van der Waals surface area contributed by atoms with Gasteiger partial charge in [-0.2, -0.15) is 0 Å². The van der Waals surface area contributed by atoms with Crippen LogP contribution in [0.25, 0.3) is 66.2 Å². The number of aromatic nitrogens is 4. The number of hydrogen-bond donors (Lipinski definition) is 0. The molecule has 8 rings (SSSR count). The largest absolute Gasteiger partial charge is 0.317 e. The SMILES string of the molecule is c1ccc(-c2ncc(-n3c4ccccc4c4cc5ccc6c(ccn6-c6ccccc6)c5cc43)cn2)cc1. The van der Waals surface area contributed by atoms with Crippen molar-refractivity contribution in [2.75, 3.05) is 0 Å². The molecule has 8 aromatic rings. The Morgan fingerprint density at radius 2 is 1.18 bits per heavy atom. The van der Waals surface area contributed by atoms with Crippen LogP contribution in [-0.4, -0.2) is 19.1 Å². The molecule has 0 fully saturated rings. The molecular formula is C34H22N4. The minimum atomic E-state index is 0.726. The molecule has 38 heavy (non-hydrogen) atoms. The van der Waals surface area contributed by atoms with E-state index >= 15 is 0 Å². The number of hydrogen-bond acceptors (Lipinski definition) is 2. The van der Waals surface area contributed by atoms with Crippen LogP contribution in [0.4, 0.5) is 0 Å². The first kappa shape index (κ1) is 20.9. The average Bonchev–Trinajstić information content (AvgIpc) is 3.57. The summed E-state index contributed by atoms with van der Waals surface area (Å²) in [6.45, 7) is 0. The number of para-hydroxylation sites is 2. The summed E-state index contributed by atoms with van der Waals surface area (Å²) in [4.78, 5) is 9.46. The van der Waals surface area contributed by atoms with E-state index in [1.807, 2.05) is 42.7 Å². The molecule has 0 atom stereocenters. The monoisotopic (exact) mass is 486 g/mol. The molecule has 0 radical (unpaired) electrons. The van der Waals surface area contributed by atoms with Crippen molar-refractivity contribution in [3.05, 3.63) is 134 Å². The topological polar surface area (TPSA) is 35.6 Å². The second-order valence-corrected chi connectivity index (χ2v) is 9.59. The zero-order valence-electron chi connectivity index (χ0n) is 20.5. The third-order valence-corrected chi connectivity index (χ3v) is 7.44. The fourth-order valence-corrected chi connectivity index (χ4v) is 5.68. The molecule has 0 saturated heterocycles. The van der Waals surface area contributed by atoms with Crippen molar-refractivity contribution in [3.63, 3.8) is 0 Å². The van der Waals surface area contributed by atoms with Crippen LogP contribution in [0.2, 0.25) is 0 Å². The lowest BCUT2D eigenvalue weighted by molar-refractivity contribution is 1.08. The van der Waals surface area contributed by atoms with Gasteiger partial charge >= 0.3 is 0 Å². The molecule has 4 heteroatoms. The van der Waals surface area contributed by atoms with Crippen molar-refractivity contribution in [2.24, 2.45) is 0 Å². The summed E-state index contributed by atoms with van der Waals surface area (Å²) < 4.78 is 4.54. The minimum absolute atomic E-state index is 0.726. The third kappa shape index (κ3) is 3.10. The molecule has 0 bridgehead atoms. The van der Waals surface area contributed by atoms with Crippen LogP contribution in [0, 0.1) is 0 Å². The minimum Gasteiger partial charge on any atom is -0.317 e. The quantitative estimate of drug-likeness (QED) is 0.252. The van der Waals surface area contributed by atoms with E-state index < -0.39 is 0 Å². The molecule has 0 N–H and O–H groups in total. The summed E-state index contributed by atoms with van der Waals surface area (Å²) in [5.74, 6) is 0.726. The normalized spacial score (nSPS) is 11.7. The summed E-state index contributed by atoms with van der Waals surface area (Å²) >= 11 is 0. The van der Waals surface area contributed by atoms with Crippen LogP contribution in [0.1, 0.15) is 0 Å². The second kappa shape index (κ2) is 8.15. The van der Waals surface area contributed by atoms with Gasteiger partial charge in [-0.25, -0.2) is 9.97 Å². The van der Waals surface area contributed by atoms with Crippen molar-refractivity contribution < 1.29 is 0 Å². The Kier molecular flexibility index (Phi) is 4.49. The molecule has 5 aromatic carbocycles. The van der Waals surface area contributed by atoms with E-state index in [9.17, 15) is 0 Å². The Hall–Kier alpha value is -5.22. The zero-order chi connectivity index (χ0) is 25.1. The van der Waals surface area contributed by atoms with E-state index in [0.29, 0.717) is 0 Å². The van der Waals surface area contributed by atoms with Gasteiger partial charge in [-0.3, -0.25) is 0 Å². The van der Waals surface area contributed by atoms with Gasteiger partial charge in [0, 0.05) is 33.6 Å². The van der Waals surface area contributed by atoms with Gasteiger partial charge in [-0.15, -0.1) is 0 Å². The summed E-state index contributed by atoms with van der Waals surface area (Å²) in [5.41, 5.74) is 6.61. The van der Waals surface area contributed by atoms with Gasteiger partial charge in [0.05, 0.1) is 34.6 Å². The molecule has 3 aromatic heterocycles.